The second-order valence-electron chi connectivity index (χ2n) is 9.21. The van der Waals surface area contributed by atoms with Crippen LogP contribution in [0.1, 0.15) is 38.2 Å². The number of hydrogen-bond donors (Lipinski definition) is 1. The van der Waals surface area contributed by atoms with Crippen molar-refractivity contribution < 1.29 is 9.47 Å². The molecule has 3 aromatic rings. The molecule has 2 aliphatic heterocycles. The van der Waals surface area contributed by atoms with Crippen molar-refractivity contribution in [2.24, 2.45) is 0 Å². The highest BCUT2D eigenvalue weighted by atomic mass is 16.7. The summed E-state index contributed by atoms with van der Waals surface area (Å²) in [6.07, 6.45) is 0. The van der Waals surface area contributed by atoms with Crippen LogP contribution >= 0.6 is 0 Å². The third-order valence-corrected chi connectivity index (χ3v) is 5.94. The maximum absolute atomic E-state index is 13.3. The lowest BCUT2D eigenvalue weighted by molar-refractivity contribution is 0.118. The number of nitrogens with zero attached hydrogens (tertiary/aromatic N) is 6. The Bertz CT molecular complexity index is 1170. The number of aromatic amines is 1. The van der Waals surface area contributed by atoms with E-state index in [2.05, 4.69) is 58.1 Å². The molecule has 0 amide bonds. The Balaban J connectivity index is 1.67. The SMILES string of the molecule is CN1CCN([C@H](c2cc3cc4c(cc3[nH]c2=O)OCO4)c2nnnn2C(C)(C)C)CC1. The number of aromatic nitrogens is 5. The maximum atomic E-state index is 13.3. The lowest BCUT2D eigenvalue weighted by Crippen LogP contribution is -2.48. The highest BCUT2D eigenvalue weighted by Gasteiger charge is 2.34. The van der Waals surface area contributed by atoms with E-state index in [1.807, 2.05) is 22.9 Å². The van der Waals surface area contributed by atoms with Crippen molar-refractivity contribution in [3.8, 4) is 11.5 Å². The van der Waals surface area contributed by atoms with Gasteiger partial charge in [0, 0.05) is 43.2 Å². The lowest BCUT2D eigenvalue weighted by atomic mass is 10.0. The summed E-state index contributed by atoms with van der Waals surface area (Å²) in [5.41, 5.74) is 0.861. The van der Waals surface area contributed by atoms with Crippen LogP contribution in [0.2, 0.25) is 0 Å². The summed E-state index contributed by atoms with van der Waals surface area (Å²) in [5, 5.41) is 13.5. The second-order valence-corrected chi connectivity index (χ2v) is 9.21. The Morgan fingerprint density at radius 3 is 2.48 bits per heavy atom. The van der Waals surface area contributed by atoms with Crippen molar-refractivity contribution >= 4 is 10.9 Å². The van der Waals surface area contributed by atoms with Gasteiger partial charge in [0.25, 0.3) is 5.56 Å². The molecule has 0 spiro atoms. The predicted molar refractivity (Wildman–Crippen MR) is 114 cm³/mol. The maximum Gasteiger partial charge on any atom is 0.253 e. The number of H-pyrrole nitrogens is 1. The molecule has 0 unspecified atom stereocenters. The summed E-state index contributed by atoms with van der Waals surface area (Å²) >= 11 is 0. The van der Waals surface area contributed by atoms with E-state index in [0.29, 0.717) is 28.4 Å². The van der Waals surface area contributed by atoms with E-state index in [1.165, 1.54) is 0 Å². The molecule has 5 rings (SSSR count). The van der Waals surface area contributed by atoms with Gasteiger partial charge in [-0.15, -0.1) is 5.10 Å². The van der Waals surface area contributed by atoms with E-state index in [0.717, 1.165) is 31.6 Å². The molecular formula is C21H27N7O3. The fourth-order valence-electron chi connectivity index (χ4n) is 4.24. The van der Waals surface area contributed by atoms with E-state index in [1.54, 1.807) is 0 Å². The molecular weight excluding hydrogens is 398 g/mol. The molecule has 0 saturated carbocycles. The van der Waals surface area contributed by atoms with Gasteiger partial charge in [-0.3, -0.25) is 9.69 Å². The van der Waals surface area contributed by atoms with Gasteiger partial charge in [0.2, 0.25) is 6.79 Å². The molecule has 10 nitrogen and oxygen atoms in total. The minimum Gasteiger partial charge on any atom is -0.454 e. The minimum atomic E-state index is -0.360. The number of nitrogens with one attached hydrogen (secondary N) is 1. The largest absolute Gasteiger partial charge is 0.454 e. The molecule has 4 heterocycles. The Labute approximate surface area is 179 Å². The molecule has 0 radical (unpaired) electrons. The van der Waals surface area contributed by atoms with Crippen LogP contribution in [0.15, 0.2) is 23.0 Å². The number of pyridine rings is 1. The van der Waals surface area contributed by atoms with Gasteiger partial charge in [-0.1, -0.05) is 0 Å². The first-order valence-electron chi connectivity index (χ1n) is 10.5. The second kappa shape index (κ2) is 7.31. The fourth-order valence-corrected chi connectivity index (χ4v) is 4.24. The quantitative estimate of drug-likeness (QED) is 0.671. The van der Waals surface area contributed by atoms with Gasteiger partial charge in [0.05, 0.1) is 11.1 Å². The van der Waals surface area contributed by atoms with Gasteiger partial charge in [-0.05, 0) is 50.4 Å². The van der Waals surface area contributed by atoms with Crippen LogP contribution in [0, 0.1) is 0 Å². The summed E-state index contributed by atoms with van der Waals surface area (Å²) in [4.78, 5) is 20.9. The van der Waals surface area contributed by atoms with E-state index in [9.17, 15) is 4.79 Å². The zero-order valence-electron chi connectivity index (χ0n) is 18.3. The molecule has 0 bridgehead atoms. The van der Waals surface area contributed by atoms with E-state index in [-0.39, 0.29) is 23.9 Å². The van der Waals surface area contributed by atoms with Crippen LogP contribution in [0.5, 0.6) is 11.5 Å². The Hall–Kier alpha value is -2.98. The zero-order valence-corrected chi connectivity index (χ0v) is 18.3. The van der Waals surface area contributed by atoms with Crippen LogP contribution in [-0.2, 0) is 5.54 Å². The summed E-state index contributed by atoms with van der Waals surface area (Å²) in [7, 11) is 2.11. The number of tetrazole rings is 1. The van der Waals surface area contributed by atoms with Gasteiger partial charge in [0.1, 0.15) is 6.04 Å². The standard InChI is InChI=1S/C21H27N7O3/c1-21(2,3)28-19(23-24-25-28)18(27-7-5-26(4)6-8-27)14-9-13-10-16-17(31-12-30-16)11-15(13)22-20(14)29/h9-11,18H,5-8,12H2,1-4H3,(H,22,29)/t18-/m1/s1. The number of ether oxygens (including phenoxy) is 2. The van der Waals surface area contributed by atoms with E-state index < -0.39 is 0 Å². The summed E-state index contributed by atoms with van der Waals surface area (Å²) in [6, 6.07) is 5.29. The smallest absolute Gasteiger partial charge is 0.253 e. The van der Waals surface area contributed by atoms with E-state index >= 15 is 0 Å². The van der Waals surface area contributed by atoms with Crippen LogP contribution in [0.25, 0.3) is 10.9 Å². The molecule has 2 aromatic heterocycles. The number of benzene rings is 1. The Kier molecular flexibility index (Phi) is 4.71. The highest BCUT2D eigenvalue weighted by molar-refractivity contribution is 5.83. The molecule has 1 saturated heterocycles. The first-order chi connectivity index (χ1) is 14.8. The van der Waals surface area contributed by atoms with Gasteiger partial charge in [-0.2, -0.15) is 0 Å². The van der Waals surface area contributed by atoms with Crippen LogP contribution in [-0.4, -0.2) is 75.0 Å². The lowest BCUT2D eigenvalue weighted by Gasteiger charge is -2.38. The first kappa shape index (κ1) is 20.0. The predicted octanol–water partition coefficient (Wildman–Crippen LogP) is 1.34. The van der Waals surface area contributed by atoms with Gasteiger partial charge >= 0.3 is 0 Å². The summed E-state index contributed by atoms with van der Waals surface area (Å²) in [6.45, 7) is 9.81. The number of hydrogen-bond acceptors (Lipinski definition) is 8. The average Bonchev–Trinajstić information content (AvgIpc) is 3.37. The normalized spacial score (nSPS) is 18.6. The number of likely N-dealkylation sites (N-methyl/N-ethyl adjacent to an activating group) is 1. The van der Waals surface area contributed by atoms with Crippen LogP contribution in [0.3, 0.4) is 0 Å². The number of fused-ring (bicyclic) bond motifs is 2. The molecule has 2 aliphatic rings. The molecule has 0 aliphatic carbocycles. The third kappa shape index (κ3) is 3.55. The van der Waals surface area contributed by atoms with Crippen LogP contribution in [0.4, 0.5) is 0 Å². The van der Waals surface area contributed by atoms with Gasteiger partial charge in [0.15, 0.2) is 17.3 Å². The average molecular weight is 425 g/mol. The molecule has 31 heavy (non-hydrogen) atoms. The molecule has 1 atom stereocenters. The zero-order chi connectivity index (χ0) is 21.8. The highest BCUT2D eigenvalue weighted by Crippen LogP contribution is 2.36. The monoisotopic (exact) mass is 425 g/mol. The molecule has 10 heteroatoms. The fraction of sp³-hybridized carbons (Fsp3) is 0.524. The van der Waals surface area contributed by atoms with Gasteiger partial charge in [-0.25, -0.2) is 4.68 Å². The van der Waals surface area contributed by atoms with Crippen molar-refractivity contribution in [2.75, 3.05) is 40.0 Å². The summed E-state index contributed by atoms with van der Waals surface area (Å²) < 4.78 is 12.8. The summed E-state index contributed by atoms with van der Waals surface area (Å²) in [5.74, 6) is 1.99. The molecule has 1 fully saturated rings. The van der Waals surface area contributed by atoms with E-state index in [4.69, 9.17) is 9.47 Å². The van der Waals surface area contributed by atoms with Crippen molar-refractivity contribution in [3.63, 3.8) is 0 Å². The molecule has 1 aromatic carbocycles. The third-order valence-electron chi connectivity index (χ3n) is 5.94. The van der Waals surface area contributed by atoms with Crippen molar-refractivity contribution in [1.29, 1.82) is 0 Å². The topological polar surface area (TPSA) is 101 Å². The van der Waals surface area contributed by atoms with Gasteiger partial charge < -0.3 is 19.4 Å². The first-order valence-corrected chi connectivity index (χ1v) is 10.5. The van der Waals surface area contributed by atoms with Crippen molar-refractivity contribution in [3.05, 3.63) is 39.9 Å². The number of rotatable bonds is 3. The minimum absolute atomic E-state index is 0.154. The number of piperazine rings is 1. The molecule has 1 N–H and O–H groups in total. The Morgan fingerprint density at radius 2 is 1.77 bits per heavy atom. The van der Waals surface area contributed by atoms with Crippen molar-refractivity contribution in [1.82, 2.24) is 35.0 Å². The van der Waals surface area contributed by atoms with Crippen LogP contribution < -0.4 is 15.0 Å². The Morgan fingerprint density at radius 1 is 1.06 bits per heavy atom. The van der Waals surface area contributed by atoms with Crippen molar-refractivity contribution in [2.45, 2.75) is 32.4 Å². The molecule has 164 valence electrons.